The second kappa shape index (κ2) is 7.44. The van der Waals surface area contributed by atoms with E-state index in [4.69, 9.17) is 0 Å². The molecule has 1 N–H and O–H groups in total. The maximum absolute atomic E-state index is 10.8. The van der Waals surface area contributed by atoms with Crippen LogP contribution in [0, 0.1) is 0 Å². The Kier molecular flexibility index (Phi) is 6.10. The Morgan fingerprint density at radius 1 is 0.760 bits per heavy atom. The van der Waals surface area contributed by atoms with Crippen LogP contribution in [0.15, 0.2) is 30.3 Å². The van der Waals surface area contributed by atoms with Crippen molar-refractivity contribution in [3.8, 4) is 16.9 Å². The molecule has 0 aliphatic rings. The summed E-state index contributed by atoms with van der Waals surface area (Å²) in [6, 6.07) is 10.7. The van der Waals surface area contributed by atoms with Gasteiger partial charge in [-0.05, 0) is 44.7 Å². The largest absolute Gasteiger partial charge is 0.507 e. The van der Waals surface area contributed by atoms with E-state index in [0.717, 1.165) is 27.6 Å². The van der Waals surface area contributed by atoms with Crippen molar-refractivity contribution in [2.24, 2.45) is 0 Å². The molecule has 0 radical (unpaired) electrons. The van der Waals surface area contributed by atoms with Crippen molar-refractivity contribution in [3.05, 3.63) is 52.6 Å². The summed E-state index contributed by atoms with van der Waals surface area (Å²) in [5.41, 5.74) is 6.90. The van der Waals surface area contributed by atoms with E-state index in [-0.39, 0.29) is 10.8 Å². The molecule has 25 heavy (non-hydrogen) atoms. The smallest absolute Gasteiger partial charge is 0.124 e. The highest BCUT2D eigenvalue weighted by molar-refractivity contribution is 9.08. The average molecular weight is 468 g/mol. The van der Waals surface area contributed by atoms with Crippen molar-refractivity contribution in [1.29, 1.82) is 0 Å². The lowest BCUT2D eigenvalue weighted by molar-refractivity contribution is 0.472. The summed E-state index contributed by atoms with van der Waals surface area (Å²) < 4.78 is 0. The number of aromatic hydroxyl groups is 1. The second-order valence-electron chi connectivity index (χ2n) is 8.67. The Morgan fingerprint density at radius 2 is 1.28 bits per heavy atom. The van der Waals surface area contributed by atoms with Crippen LogP contribution in [0.4, 0.5) is 0 Å². The van der Waals surface area contributed by atoms with Crippen LogP contribution in [-0.2, 0) is 21.5 Å². The van der Waals surface area contributed by atoms with Crippen molar-refractivity contribution in [1.82, 2.24) is 0 Å². The third-order valence-corrected chi connectivity index (χ3v) is 5.80. The zero-order valence-electron chi connectivity index (χ0n) is 16.0. The standard InChI is InChI=1S/C22H28Br2O/c1-21(2,3)16-7-8-18(14(9-16)12-23)20-15(13-24)10-17(11-19(20)25)22(4,5)6/h7-11,25H,12-13H2,1-6H3. The highest BCUT2D eigenvalue weighted by Gasteiger charge is 2.22. The summed E-state index contributed by atoms with van der Waals surface area (Å²) in [7, 11) is 0. The lowest BCUT2D eigenvalue weighted by Gasteiger charge is -2.24. The number of hydrogen-bond acceptors (Lipinski definition) is 1. The van der Waals surface area contributed by atoms with E-state index in [2.05, 4.69) is 97.7 Å². The molecule has 0 unspecified atom stereocenters. The third-order valence-electron chi connectivity index (χ3n) is 4.59. The Bertz CT molecular complexity index is 765. The lowest BCUT2D eigenvalue weighted by Crippen LogP contribution is -2.12. The minimum Gasteiger partial charge on any atom is -0.507 e. The van der Waals surface area contributed by atoms with Gasteiger partial charge in [-0.2, -0.15) is 0 Å². The van der Waals surface area contributed by atoms with E-state index in [0.29, 0.717) is 11.1 Å². The molecule has 2 aromatic carbocycles. The molecule has 0 bridgehead atoms. The highest BCUT2D eigenvalue weighted by Crippen LogP contribution is 2.41. The van der Waals surface area contributed by atoms with Gasteiger partial charge >= 0.3 is 0 Å². The molecule has 0 aromatic heterocycles. The Hall–Kier alpha value is -0.800. The molecule has 1 nitrogen and oxygen atoms in total. The van der Waals surface area contributed by atoms with Crippen LogP contribution in [0.5, 0.6) is 5.75 Å². The van der Waals surface area contributed by atoms with Crippen LogP contribution in [0.2, 0.25) is 0 Å². The molecule has 0 heterocycles. The van der Waals surface area contributed by atoms with Crippen molar-refractivity contribution in [2.45, 2.75) is 63.0 Å². The van der Waals surface area contributed by atoms with Gasteiger partial charge in [0.05, 0.1) is 0 Å². The van der Waals surface area contributed by atoms with E-state index in [9.17, 15) is 5.11 Å². The minimum absolute atomic E-state index is 0.00127. The Balaban J connectivity index is 2.70. The average Bonchev–Trinajstić information content (AvgIpc) is 2.51. The molecule has 0 fully saturated rings. The number of alkyl halides is 2. The molecule has 136 valence electrons. The first-order valence-corrected chi connectivity index (χ1v) is 10.9. The maximum atomic E-state index is 10.8. The van der Waals surface area contributed by atoms with Gasteiger partial charge in [-0.3, -0.25) is 0 Å². The first kappa shape index (κ1) is 20.5. The molecule has 3 heteroatoms. The molecule has 2 rings (SSSR count). The molecule has 2 aromatic rings. The summed E-state index contributed by atoms with van der Waals surface area (Å²) >= 11 is 7.24. The number of hydrogen-bond donors (Lipinski definition) is 1. The van der Waals surface area contributed by atoms with E-state index in [1.807, 2.05) is 6.07 Å². The first-order valence-electron chi connectivity index (χ1n) is 8.61. The molecule has 0 amide bonds. The predicted molar refractivity (Wildman–Crippen MR) is 116 cm³/mol. The van der Waals surface area contributed by atoms with E-state index >= 15 is 0 Å². The Morgan fingerprint density at radius 3 is 1.76 bits per heavy atom. The quantitative estimate of drug-likeness (QED) is 0.464. The fraction of sp³-hybridized carbons (Fsp3) is 0.455. The topological polar surface area (TPSA) is 20.2 Å². The van der Waals surface area contributed by atoms with Gasteiger partial charge in [0, 0.05) is 16.2 Å². The summed E-state index contributed by atoms with van der Waals surface area (Å²) in [6.45, 7) is 13.2. The fourth-order valence-electron chi connectivity index (χ4n) is 2.95. The van der Waals surface area contributed by atoms with Gasteiger partial charge in [0.15, 0.2) is 0 Å². The SMILES string of the molecule is CC(C)(C)c1ccc(-c2c(O)cc(C(C)(C)C)cc2CBr)c(CBr)c1. The molecule has 0 saturated heterocycles. The highest BCUT2D eigenvalue weighted by atomic mass is 79.9. The van der Waals surface area contributed by atoms with E-state index < -0.39 is 0 Å². The monoisotopic (exact) mass is 466 g/mol. The van der Waals surface area contributed by atoms with Gasteiger partial charge in [0.2, 0.25) is 0 Å². The summed E-state index contributed by atoms with van der Waals surface area (Å²) in [5, 5.41) is 12.3. The Labute approximate surface area is 169 Å². The van der Waals surface area contributed by atoms with Gasteiger partial charge in [0.1, 0.15) is 5.75 Å². The van der Waals surface area contributed by atoms with Crippen LogP contribution in [0.3, 0.4) is 0 Å². The number of halogens is 2. The second-order valence-corrected chi connectivity index (χ2v) is 9.79. The first-order chi connectivity index (χ1) is 11.5. The van der Waals surface area contributed by atoms with Crippen LogP contribution in [-0.4, -0.2) is 5.11 Å². The number of benzene rings is 2. The normalized spacial score (nSPS) is 12.5. The van der Waals surface area contributed by atoms with Crippen molar-refractivity contribution < 1.29 is 5.11 Å². The molecular formula is C22H28Br2O. The zero-order valence-corrected chi connectivity index (χ0v) is 19.2. The molecule has 0 aliphatic heterocycles. The minimum atomic E-state index is 0.00127. The van der Waals surface area contributed by atoms with Crippen LogP contribution in [0.1, 0.15) is 63.8 Å². The number of phenolic OH excluding ortho intramolecular Hbond substituents is 1. The predicted octanol–water partition coefficient (Wildman–Crippen LogP) is 7.44. The van der Waals surface area contributed by atoms with Crippen LogP contribution < -0.4 is 0 Å². The van der Waals surface area contributed by atoms with E-state index in [1.165, 1.54) is 11.1 Å². The van der Waals surface area contributed by atoms with Crippen molar-refractivity contribution in [2.75, 3.05) is 0 Å². The number of rotatable bonds is 3. The van der Waals surface area contributed by atoms with Crippen molar-refractivity contribution >= 4 is 31.9 Å². The third kappa shape index (κ3) is 4.49. The number of phenols is 1. The molecule has 0 aliphatic carbocycles. The molecular weight excluding hydrogens is 440 g/mol. The lowest BCUT2D eigenvalue weighted by atomic mass is 9.82. The summed E-state index contributed by atoms with van der Waals surface area (Å²) in [4.78, 5) is 0. The van der Waals surface area contributed by atoms with Gasteiger partial charge in [-0.1, -0.05) is 97.7 Å². The molecule has 0 atom stereocenters. The maximum Gasteiger partial charge on any atom is 0.124 e. The van der Waals surface area contributed by atoms with Crippen molar-refractivity contribution in [3.63, 3.8) is 0 Å². The summed E-state index contributed by atoms with van der Waals surface area (Å²) in [5.74, 6) is 0.354. The summed E-state index contributed by atoms with van der Waals surface area (Å²) in [6.07, 6.45) is 0. The van der Waals surface area contributed by atoms with Gasteiger partial charge < -0.3 is 5.11 Å². The van der Waals surface area contributed by atoms with Gasteiger partial charge in [-0.25, -0.2) is 0 Å². The van der Waals surface area contributed by atoms with Crippen LogP contribution in [0.25, 0.3) is 11.1 Å². The molecule has 0 saturated carbocycles. The van der Waals surface area contributed by atoms with Gasteiger partial charge in [0.25, 0.3) is 0 Å². The fourth-order valence-corrected chi connectivity index (χ4v) is 3.86. The van der Waals surface area contributed by atoms with Crippen LogP contribution >= 0.6 is 31.9 Å². The van der Waals surface area contributed by atoms with Gasteiger partial charge in [-0.15, -0.1) is 0 Å². The zero-order chi connectivity index (χ0) is 19.0. The van der Waals surface area contributed by atoms with E-state index in [1.54, 1.807) is 0 Å². The molecule has 0 spiro atoms.